The van der Waals surface area contributed by atoms with Gasteiger partial charge in [0.05, 0.1) is 12.2 Å². The van der Waals surface area contributed by atoms with Crippen LogP contribution < -0.4 is 5.32 Å². The molecule has 0 spiro atoms. The van der Waals surface area contributed by atoms with Crippen LogP contribution in [0.5, 0.6) is 0 Å². The van der Waals surface area contributed by atoms with E-state index in [1.54, 1.807) is 11.0 Å². The second kappa shape index (κ2) is 6.99. The largest absolute Gasteiger partial charge is 0.376 e. The predicted molar refractivity (Wildman–Crippen MR) is 84.1 cm³/mol. The van der Waals surface area contributed by atoms with E-state index in [1.165, 1.54) is 0 Å². The Hall–Kier alpha value is -2.77. The zero-order chi connectivity index (χ0) is 16.1. The molecule has 1 aromatic carbocycles. The minimum absolute atomic E-state index is 0.503. The molecule has 0 saturated carbocycles. The van der Waals surface area contributed by atoms with E-state index in [4.69, 9.17) is 4.52 Å². The number of anilines is 1. The molecule has 0 unspecified atom stereocenters. The molecule has 0 bridgehead atoms. The van der Waals surface area contributed by atoms with Crippen molar-refractivity contribution in [2.24, 2.45) is 0 Å². The number of nitrogens with one attached hydrogen (secondary N) is 1. The Kier molecular flexibility index (Phi) is 4.60. The van der Waals surface area contributed by atoms with Crippen molar-refractivity contribution in [3.63, 3.8) is 0 Å². The first-order chi connectivity index (χ1) is 11.3. The fourth-order valence-corrected chi connectivity index (χ4v) is 2.27. The van der Waals surface area contributed by atoms with Gasteiger partial charge in [0.1, 0.15) is 6.33 Å². The number of aromatic nitrogens is 6. The van der Waals surface area contributed by atoms with Crippen LogP contribution in [0.4, 0.5) is 5.69 Å². The zero-order valence-corrected chi connectivity index (χ0v) is 13.2. The highest BCUT2D eigenvalue weighted by Gasteiger charge is 2.07. The minimum atomic E-state index is 0.503. The highest BCUT2D eigenvalue weighted by Crippen LogP contribution is 2.18. The molecule has 3 rings (SSSR count). The highest BCUT2D eigenvalue weighted by molar-refractivity contribution is 5.53. The Balaban J connectivity index is 1.62. The van der Waals surface area contributed by atoms with Crippen LogP contribution in [-0.2, 0) is 13.0 Å². The summed E-state index contributed by atoms with van der Waals surface area (Å²) >= 11 is 0. The average Bonchev–Trinajstić information content (AvgIpc) is 3.23. The molecule has 8 nitrogen and oxygen atoms in total. The van der Waals surface area contributed by atoms with Crippen LogP contribution in [0.25, 0.3) is 5.69 Å². The van der Waals surface area contributed by atoms with Gasteiger partial charge in [-0.3, -0.25) is 0 Å². The molecule has 0 aliphatic carbocycles. The lowest BCUT2D eigenvalue weighted by Crippen LogP contribution is -2.02. The molecular formula is C15H19N7O. The smallest absolute Gasteiger partial charge is 0.245 e. The van der Waals surface area contributed by atoms with Crippen molar-refractivity contribution >= 4 is 5.69 Å². The summed E-state index contributed by atoms with van der Waals surface area (Å²) < 4.78 is 6.88. The van der Waals surface area contributed by atoms with Gasteiger partial charge in [0.2, 0.25) is 5.89 Å². The Morgan fingerprint density at radius 3 is 2.96 bits per heavy atom. The molecule has 1 N–H and O–H groups in total. The average molecular weight is 313 g/mol. The molecule has 120 valence electrons. The van der Waals surface area contributed by atoms with Crippen molar-refractivity contribution in [2.45, 2.75) is 39.7 Å². The van der Waals surface area contributed by atoms with Crippen LogP contribution >= 0.6 is 0 Å². The second-order valence-corrected chi connectivity index (χ2v) is 5.32. The number of nitrogens with zero attached hydrogens (tertiary/aromatic N) is 6. The van der Waals surface area contributed by atoms with Gasteiger partial charge in [-0.15, -0.1) is 5.10 Å². The third kappa shape index (κ3) is 3.71. The number of hydrogen-bond acceptors (Lipinski definition) is 7. The quantitative estimate of drug-likeness (QED) is 0.715. The van der Waals surface area contributed by atoms with E-state index in [9.17, 15) is 0 Å². The van der Waals surface area contributed by atoms with E-state index >= 15 is 0 Å². The van der Waals surface area contributed by atoms with E-state index < -0.39 is 0 Å². The summed E-state index contributed by atoms with van der Waals surface area (Å²) in [5.41, 5.74) is 2.99. The molecule has 0 aliphatic rings. The molecule has 2 aromatic heterocycles. The summed E-state index contributed by atoms with van der Waals surface area (Å²) in [5, 5.41) is 18.5. The SMILES string of the molecule is CCCCc1noc(CNc2ccc(-n3cnnn3)c(C)c2)n1. The molecule has 0 aliphatic heterocycles. The number of hydrogen-bond donors (Lipinski definition) is 1. The van der Waals surface area contributed by atoms with Crippen molar-refractivity contribution in [1.82, 2.24) is 30.3 Å². The lowest BCUT2D eigenvalue weighted by Gasteiger charge is -2.08. The summed E-state index contributed by atoms with van der Waals surface area (Å²) in [4.78, 5) is 4.37. The monoisotopic (exact) mass is 313 g/mol. The summed E-state index contributed by atoms with van der Waals surface area (Å²) in [6.45, 7) is 4.66. The van der Waals surface area contributed by atoms with E-state index in [1.807, 2.05) is 25.1 Å². The Morgan fingerprint density at radius 1 is 1.30 bits per heavy atom. The van der Waals surface area contributed by atoms with E-state index in [0.717, 1.165) is 42.0 Å². The molecule has 3 aromatic rings. The van der Waals surface area contributed by atoms with Gasteiger partial charge in [-0.25, -0.2) is 4.68 Å². The maximum absolute atomic E-state index is 5.24. The van der Waals surface area contributed by atoms with Gasteiger partial charge in [0, 0.05) is 12.1 Å². The number of aryl methyl sites for hydroxylation is 2. The van der Waals surface area contributed by atoms with Crippen LogP contribution in [0.3, 0.4) is 0 Å². The molecule has 0 amide bonds. The molecule has 0 atom stereocenters. The van der Waals surface area contributed by atoms with Crippen LogP contribution in [0, 0.1) is 6.92 Å². The zero-order valence-electron chi connectivity index (χ0n) is 13.2. The minimum Gasteiger partial charge on any atom is -0.376 e. The van der Waals surface area contributed by atoms with Gasteiger partial charge in [-0.1, -0.05) is 18.5 Å². The van der Waals surface area contributed by atoms with E-state index in [0.29, 0.717) is 12.4 Å². The third-order valence-corrected chi connectivity index (χ3v) is 3.50. The Morgan fingerprint density at radius 2 is 2.22 bits per heavy atom. The Bertz CT molecular complexity index is 751. The van der Waals surface area contributed by atoms with Crippen molar-refractivity contribution < 1.29 is 4.52 Å². The van der Waals surface area contributed by atoms with Crippen molar-refractivity contribution in [1.29, 1.82) is 0 Å². The van der Waals surface area contributed by atoms with Gasteiger partial charge in [-0.2, -0.15) is 4.98 Å². The molecule has 2 heterocycles. The molecule has 0 fully saturated rings. The fourth-order valence-electron chi connectivity index (χ4n) is 2.27. The summed E-state index contributed by atoms with van der Waals surface area (Å²) in [7, 11) is 0. The second-order valence-electron chi connectivity index (χ2n) is 5.32. The number of rotatable bonds is 7. The lowest BCUT2D eigenvalue weighted by molar-refractivity contribution is 0.377. The normalized spacial score (nSPS) is 10.9. The summed E-state index contributed by atoms with van der Waals surface area (Å²) in [6, 6.07) is 5.97. The molecule has 0 saturated heterocycles. The van der Waals surface area contributed by atoms with Gasteiger partial charge in [0.15, 0.2) is 5.82 Å². The van der Waals surface area contributed by atoms with Gasteiger partial charge in [0.25, 0.3) is 0 Å². The Labute approximate surface area is 133 Å². The van der Waals surface area contributed by atoms with Crippen molar-refractivity contribution in [2.75, 3.05) is 5.32 Å². The first kappa shape index (κ1) is 15.1. The van der Waals surface area contributed by atoms with Crippen LogP contribution in [-0.4, -0.2) is 30.3 Å². The summed E-state index contributed by atoms with van der Waals surface area (Å²) in [5.74, 6) is 1.37. The lowest BCUT2D eigenvalue weighted by atomic mass is 10.2. The van der Waals surface area contributed by atoms with Crippen LogP contribution in [0.2, 0.25) is 0 Å². The van der Waals surface area contributed by atoms with Crippen molar-refractivity contribution in [3.05, 3.63) is 41.8 Å². The van der Waals surface area contributed by atoms with Crippen molar-refractivity contribution in [3.8, 4) is 5.69 Å². The fraction of sp³-hybridized carbons (Fsp3) is 0.400. The first-order valence-electron chi connectivity index (χ1n) is 7.65. The van der Waals surface area contributed by atoms with E-state index in [2.05, 4.69) is 37.9 Å². The van der Waals surface area contributed by atoms with Gasteiger partial charge < -0.3 is 9.84 Å². The highest BCUT2D eigenvalue weighted by atomic mass is 16.5. The first-order valence-corrected chi connectivity index (χ1v) is 7.65. The topological polar surface area (TPSA) is 94.6 Å². The number of unbranched alkanes of at least 4 members (excludes halogenated alkanes) is 1. The molecule has 8 heteroatoms. The standard InChI is InChI=1S/C15H19N7O/c1-3-4-5-14-18-15(23-19-14)9-16-12-6-7-13(11(2)8-12)22-10-17-20-21-22/h6-8,10,16H,3-5,9H2,1-2H3. The molecule has 0 radical (unpaired) electrons. The molecular weight excluding hydrogens is 294 g/mol. The van der Waals surface area contributed by atoms with E-state index in [-0.39, 0.29) is 0 Å². The van der Waals surface area contributed by atoms with Crippen LogP contribution in [0.1, 0.15) is 37.0 Å². The number of tetrazole rings is 1. The van der Waals surface area contributed by atoms with Gasteiger partial charge in [-0.05, 0) is 47.5 Å². The third-order valence-electron chi connectivity index (χ3n) is 3.50. The maximum atomic E-state index is 5.24. The molecule has 23 heavy (non-hydrogen) atoms. The predicted octanol–water partition coefficient (Wildman–Crippen LogP) is 2.31. The maximum Gasteiger partial charge on any atom is 0.245 e. The van der Waals surface area contributed by atoms with Gasteiger partial charge >= 0.3 is 0 Å². The number of benzene rings is 1. The van der Waals surface area contributed by atoms with Crippen LogP contribution in [0.15, 0.2) is 29.0 Å². The summed E-state index contributed by atoms with van der Waals surface area (Å²) in [6.07, 6.45) is 4.63.